The molecular formula is C24H26F5N5O3S. The van der Waals surface area contributed by atoms with Gasteiger partial charge in [-0.15, -0.1) is 0 Å². The summed E-state index contributed by atoms with van der Waals surface area (Å²) < 4.78 is 96.3. The first-order valence-corrected chi connectivity index (χ1v) is 13.9. The zero-order valence-electron chi connectivity index (χ0n) is 20.7. The third-order valence-electron chi connectivity index (χ3n) is 7.52. The minimum atomic E-state index is -5.17. The molecule has 2 fully saturated rings. The Morgan fingerprint density at radius 1 is 1.05 bits per heavy atom. The number of hydrogen-bond acceptors (Lipinski definition) is 6. The highest BCUT2D eigenvalue weighted by molar-refractivity contribution is 7.88. The highest BCUT2D eigenvalue weighted by atomic mass is 32.2. The fourth-order valence-electron chi connectivity index (χ4n) is 5.77. The van der Waals surface area contributed by atoms with Gasteiger partial charge in [0.15, 0.2) is 17.4 Å². The van der Waals surface area contributed by atoms with Crippen molar-refractivity contribution in [2.24, 2.45) is 0 Å². The number of anilines is 1. The lowest BCUT2D eigenvalue weighted by Crippen LogP contribution is -2.64. The van der Waals surface area contributed by atoms with E-state index in [-0.39, 0.29) is 18.1 Å². The molecule has 1 saturated carbocycles. The van der Waals surface area contributed by atoms with Crippen LogP contribution in [-0.2, 0) is 16.2 Å². The van der Waals surface area contributed by atoms with E-state index in [0.29, 0.717) is 30.0 Å². The number of pyridine rings is 1. The predicted molar refractivity (Wildman–Crippen MR) is 130 cm³/mol. The van der Waals surface area contributed by atoms with Crippen molar-refractivity contribution in [3.63, 3.8) is 0 Å². The van der Waals surface area contributed by atoms with Gasteiger partial charge in [0.25, 0.3) is 0 Å². The van der Waals surface area contributed by atoms with E-state index in [2.05, 4.69) is 10.1 Å². The van der Waals surface area contributed by atoms with Crippen molar-refractivity contribution in [2.75, 3.05) is 30.8 Å². The van der Waals surface area contributed by atoms with Crippen LogP contribution in [0.3, 0.4) is 0 Å². The molecule has 5 rings (SSSR count). The summed E-state index contributed by atoms with van der Waals surface area (Å²) in [6.45, 7) is 2.69. The van der Waals surface area contributed by atoms with E-state index < -0.39 is 50.4 Å². The zero-order chi connectivity index (χ0) is 27.6. The molecule has 206 valence electrons. The van der Waals surface area contributed by atoms with Crippen LogP contribution in [0.5, 0.6) is 5.75 Å². The number of sulfonamides is 1. The van der Waals surface area contributed by atoms with Crippen molar-refractivity contribution in [1.82, 2.24) is 19.1 Å². The summed E-state index contributed by atoms with van der Waals surface area (Å²) in [5, 5.41) is 14.4. The maximum atomic E-state index is 14.8. The predicted octanol–water partition coefficient (Wildman–Crippen LogP) is 4.52. The Morgan fingerprint density at radius 2 is 1.74 bits per heavy atom. The highest BCUT2D eigenvalue weighted by Crippen LogP contribution is 2.41. The molecule has 1 aliphatic heterocycles. The summed E-state index contributed by atoms with van der Waals surface area (Å²) >= 11 is 0. The van der Waals surface area contributed by atoms with Crippen molar-refractivity contribution < 1.29 is 35.5 Å². The highest BCUT2D eigenvalue weighted by Gasteiger charge is 2.47. The van der Waals surface area contributed by atoms with E-state index in [1.165, 1.54) is 12.5 Å². The molecule has 3 heterocycles. The van der Waals surface area contributed by atoms with E-state index >= 15 is 0 Å². The van der Waals surface area contributed by atoms with E-state index in [1.54, 1.807) is 17.3 Å². The molecule has 1 saturated heterocycles. The molecule has 1 N–H and O–H groups in total. The van der Waals surface area contributed by atoms with E-state index in [1.807, 2.05) is 4.90 Å². The Hall–Kier alpha value is -3.00. The van der Waals surface area contributed by atoms with Gasteiger partial charge in [0.05, 0.1) is 34.8 Å². The lowest BCUT2D eigenvalue weighted by atomic mass is 9.80. The molecule has 2 aliphatic rings. The van der Waals surface area contributed by atoms with Gasteiger partial charge in [0, 0.05) is 25.0 Å². The lowest BCUT2D eigenvalue weighted by molar-refractivity contribution is -0.140. The molecule has 2 aromatic heterocycles. The number of rotatable bonds is 3. The van der Waals surface area contributed by atoms with Crippen LogP contribution in [0.25, 0.3) is 16.6 Å². The Morgan fingerprint density at radius 3 is 2.37 bits per heavy atom. The molecule has 38 heavy (non-hydrogen) atoms. The summed E-state index contributed by atoms with van der Waals surface area (Å²) in [7, 11) is -3.42. The number of aromatic hydroxyl groups is 1. The fraction of sp³-hybridized carbons (Fsp3) is 0.500. The number of hydrogen-bond donors (Lipinski definition) is 1. The first-order chi connectivity index (χ1) is 17.7. The number of alkyl halides is 3. The van der Waals surface area contributed by atoms with Crippen LogP contribution in [0, 0.1) is 18.6 Å². The molecule has 0 amide bonds. The maximum absolute atomic E-state index is 14.8. The van der Waals surface area contributed by atoms with Crippen LogP contribution in [0.4, 0.5) is 27.8 Å². The van der Waals surface area contributed by atoms with Crippen molar-refractivity contribution >= 4 is 26.7 Å². The van der Waals surface area contributed by atoms with E-state index in [9.17, 15) is 35.5 Å². The Labute approximate surface area is 215 Å². The molecule has 0 radical (unpaired) electrons. The quantitative estimate of drug-likeness (QED) is 0.475. The van der Waals surface area contributed by atoms with Crippen molar-refractivity contribution in [3.8, 4) is 11.4 Å². The van der Waals surface area contributed by atoms with Gasteiger partial charge in [-0.1, -0.05) is 19.3 Å². The monoisotopic (exact) mass is 559 g/mol. The third-order valence-corrected chi connectivity index (χ3v) is 8.89. The number of nitrogens with zero attached hydrogens (tertiary/aromatic N) is 5. The molecule has 0 atom stereocenters. The minimum absolute atomic E-state index is 0.159. The first-order valence-electron chi connectivity index (χ1n) is 12.1. The van der Waals surface area contributed by atoms with Crippen molar-refractivity contribution in [3.05, 3.63) is 41.2 Å². The number of aryl methyl sites for hydroxylation is 1. The van der Waals surface area contributed by atoms with Crippen LogP contribution < -0.4 is 4.90 Å². The second kappa shape index (κ2) is 9.04. The minimum Gasteiger partial charge on any atom is -0.503 e. The van der Waals surface area contributed by atoms with Gasteiger partial charge in [-0.25, -0.2) is 26.9 Å². The summed E-state index contributed by atoms with van der Waals surface area (Å²) in [6, 6.07) is 1.94. The molecule has 3 aromatic rings. The molecule has 1 aromatic carbocycles. The Bertz CT molecular complexity index is 1520. The van der Waals surface area contributed by atoms with E-state index in [0.717, 1.165) is 36.8 Å². The fourth-order valence-corrected chi connectivity index (χ4v) is 7.13. The molecule has 14 heteroatoms. The summed E-state index contributed by atoms with van der Waals surface area (Å²) in [5.74, 6) is -4.91. The molecule has 1 spiro atoms. The molecule has 0 bridgehead atoms. The summed E-state index contributed by atoms with van der Waals surface area (Å²) in [5.41, 5.74) is -2.64. The Balaban J connectivity index is 1.56. The number of phenols is 1. The topological polar surface area (TPSA) is 91.6 Å². The van der Waals surface area contributed by atoms with Gasteiger partial charge >= 0.3 is 6.18 Å². The van der Waals surface area contributed by atoms with Gasteiger partial charge in [-0.05, 0) is 31.9 Å². The third kappa shape index (κ3) is 4.36. The second-order valence-electron chi connectivity index (χ2n) is 10.0. The number of fused-ring (bicyclic) bond motifs is 1. The SMILES string of the molecule is Cc1nn(-c2cc(C(F)(F)F)c(F)c(O)c2F)c2cnc(N3CCN(S(C)(=O)=O)C4(CCCCC4)C3)cc12. The van der Waals surface area contributed by atoms with Crippen LogP contribution in [0.1, 0.15) is 43.4 Å². The lowest BCUT2D eigenvalue weighted by Gasteiger charge is -2.51. The number of benzene rings is 1. The van der Waals surface area contributed by atoms with Gasteiger partial charge in [0.2, 0.25) is 10.0 Å². The van der Waals surface area contributed by atoms with Crippen molar-refractivity contribution in [1.29, 1.82) is 0 Å². The van der Waals surface area contributed by atoms with Gasteiger partial charge in [-0.3, -0.25) is 0 Å². The standard InChI is InChI=1S/C24H26F5N5O3S/c1-14-15-10-19(32-8-9-33(38(2,36)37)23(13-32)6-4-3-5-7-23)30-12-18(15)34(31-14)17-11-16(24(27,28)29)20(25)22(35)21(17)26/h10-12,35H,3-9,13H2,1-2H3. The van der Waals surface area contributed by atoms with Crippen molar-refractivity contribution in [2.45, 2.75) is 50.7 Å². The maximum Gasteiger partial charge on any atom is 0.419 e. The van der Waals surface area contributed by atoms with Crippen LogP contribution in [0.15, 0.2) is 18.3 Å². The second-order valence-corrected chi connectivity index (χ2v) is 11.9. The summed E-state index contributed by atoms with van der Waals surface area (Å²) in [4.78, 5) is 6.43. The number of piperazine rings is 1. The Kier molecular flexibility index (Phi) is 6.33. The number of phenolic OH excluding ortho intramolecular Hbond substituents is 1. The normalized spacial score (nSPS) is 19.0. The number of halogens is 5. The first kappa shape index (κ1) is 26.6. The number of aromatic nitrogens is 3. The van der Waals surface area contributed by atoms with Gasteiger partial charge < -0.3 is 10.0 Å². The van der Waals surface area contributed by atoms with Gasteiger partial charge in [0.1, 0.15) is 11.5 Å². The summed E-state index contributed by atoms with van der Waals surface area (Å²) in [6.07, 6.45) is 1.69. The average Bonchev–Trinajstić information content (AvgIpc) is 3.17. The molecular weight excluding hydrogens is 533 g/mol. The van der Waals surface area contributed by atoms with E-state index in [4.69, 9.17) is 0 Å². The van der Waals surface area contributed by atoms with Crippen LogP contribution in [0.2, 0.25) is 0 Å². The largest absolute Gasteiger partial charge is 0.503 e. The molecule has 8 nitrogen and oxygen atoms in total. The zero-order valence-corrected chi connectivity index (χ0v) is 21.5. The molecule has 0 unspecified atom stereocenters. The van der Waals surface area contributed by atoms with Gasteiger partial charge in [-0.2, -0.15) is 22.6 Å². The molecule has 1 aliphatic carbocycles. The average molecular weight is 560 g/mol. The van der Waals surface area contributed by atoms with Crippen LogP contribution in [-0.4, -0.2) is 64.0 Å². The smallest absolute Gasteiger partial charge is 0.419 e. The van der Waals surface area contributed by atoms with Crippen LogP contribution >= 0.6 is 0 Å².